The largest absolute Gasteiger partial charge is 0.416 e. The lowest BCUT2D eigenvalue weighted by molar-refractivity contribution is -0.141. The standard InChI is InChI=1S/C13H17F3N2O/c1-17-9-2-5-12(19,6-3-9)11-8-18-7-4-10(11)13(14,15)16/h4,7-9,17,19H,2-3,5-6H2,1H3. The third kappa shape index (κ3) is 2.90. The lowest BCUT2D eigenvalue weighted by Crippen LogP contribution is -2.39. The SMILES string of the molecule is CNC1CCC(O)(c2cnccc2C(F)(F)F)CC1. The fourth-order valence-corrected chi connectivity index (χ4v) is 2.67. The van der Waals surface area contributed by atoms with Crippen LogP contribution in [0.3, 0.4) is 0 Å². The molecule has 1 heterocycles. The van der Waals surface area contributed by atoms with Crippen LogP contribution in [0.15, 0.2) is 18.5 Å². The molecule has 1 fully saturated rings. The molecule has 1 aliphatic rings. The molecule has 0 aliphatic heterocycles. The zero-order valence-corrected chi connectivity index (χ0v) is 10.7. The highest BCUT2D eigenvalue weighted by Gasteiger charge is 2.42. The van der Waals surface area contributed by atoms with Crippen LogP contribution in [0.4, 0.5) is 13.2 Å². The van der Waals surface area contributed by atoms with Gasteiger partial charge in [-0.15, -0.1) is 0 Å². The van der Waals surface area contributed by atoms with Crippen LogP contribution in [0.25, 0.3) is 0 Å². The Labute approximate surface area is 109 Å². The molecule has 106 valence electrons. The number of hydrogen-bond donors (Lipinski definition) is 2. The van der Waals surface area contributed by atoms with E-state index in [-0.39, 0.29) is 11.6 Å². The first-order chi connectivity index (χ1) is 8.87. The van der Waals surface area contributed by atoms with Crippen molar-refractivity contribution >= 4 is 0 Å². The van der Waals surface area contributed by atoms with Gasteiger partial charge in [0.05, 0.1) is 11.2 Å². The molecule has 0 radical (unpaired) electrons. The molecule has 3 nitrogen and oxygen atoms in total. The second kappa shape index (κ2) is 5.09. The van der Waals surface area contributed by atoms with E-state index >= 15 is 0 Å². The van der Waals surface area contributed by atoms with Crippen LogP contribution in [-0.2, 0) is 11.8 Å². The van der Waals surface area contributed by atoms with Crippen LogP contribution in [0.2, 0.25) is 0 Å². The molecule has 0 atom stereocenters. The monoisotopic (exact) mass is 274 g/mol. The first-order valence-electron chi connectivity index (χ1n) is 6.28. The summed E-state index contributed by atoms with van der Waals surface area (Å²) < 4.78 is 38.9. The van der Waals surface area contributed by atoms with E-state index in [4.69, 9.17) is 0 Å². The quantitative estimate of drug-likeness (QED) is 0.870. The van der Waals surface area contributed by atoms with E-state index in [2.05, 4.69) is 10.3 Å². The number of halogens is 3. The Hall–Kier alpha value is -1.14. The Morgan fingerprint density at radius 2 is 2.00 bits per heavy atom. The van der Waals surface area contributed by atoms with E-state index in [1.807, 2.05) is 7.05 Å². The van der Waals surface area contributed by atoms with Crippen molar-refractivity contribution in [1.29, 1.82) is 0 Å². The van der Waals surface area contributed by atoms with Gasteiger partial charge in [0, 0.05) is 24.0 Å². The maximum atomic E-state index is 13.0. The number of pyridine rings is 1. The molecule has 0 bridgehead atoms. The van der Waals surface area contributed by atoms with Crippen molar-refractivity contribution in [1.82, 2.24) is 10.3 Å². The lowest BCUT2D eigenvalue weighted by atomic mass is 9.76. The third-order valence-electron chi connectivity index (χ3n) is 3.85. The average Bonchev–Trinajstić information content (AvgIpc) is 2.39. The van der Waals surface area contributed by atoms with E-state index in [9.17, 15) is 18.3 Å². The highest BCUT2D eigenvalue weighted by molar-refractivity contribution is 5.32. The first kappa shape index (κ1) is 14.3. The topological polar surface area (TPSA) is 45.1 Å². The fraction of sp³-hybridized carbons (Fsp3) is 0.615. The molecule has 6 heteroatoms. The van der Waals surface area contributed by atoms with Gasteiger partial charge in [-0.3, -0.25) is 4.98 Å². The molecule has 1 aliphatic carbocycles. The molecule has 0 unspecified atom stereocenters. The van der Waals surface area contributed by atoms with Crippen LogP contribution in [0, 0.1) is 0 Å². The minimum atomic E-state index is -4.46. The molecule has 0 spiro atoms. The molecule has 1 aromatic rings. The summed E-state index contributed by atoms with van der Waals surface area (Å²) >= 11 is 0. The summed E-state index contributed by atoms with van der Waals surface area (Å²) in [6.07, 6.45) is -0.287. The van der Waals surface area contributed by atoms with Crippen molar-refractivity contribution in [2.24, 2.45) is 0 Å². The molecule has 1 aromatic heterocycles. The van der Waals surface area contributed by atoms with Crippen LogP contribution in [-0.4, -0.2) is 23.2 Å². The van der Waals surface area contributed by atoms with Crippen molar-refractivity contribution in [3.8, 4) is 0 Å². The molecule has 1 saturated carbocycles. The molecule has 2 rings (SSSR count). The van der Waals surface area contributed by atoms with Gasteiger partial charge < -0.3 is 10.4 Å². The Kier molecular flexibility index (Phi) is 3.82. The molecule has 19 heavy (non-hydrogen) atoms. The van der Waals surface area contributed by atoms with E-state index in [0.29, 0.717) is 25.7 Å². The van der Waals surface area contributed by atoms with Gasteiger partial charge in [-0.25, -0.2) is 0 Å². The average molecular weight is 274 g/mol. The summed E-state index contributed by atoms with van der Waals surface area (Å²) in [7, 11) is 1.82. The molecule has 0 aromatic carbocycles. The number of alkyl halides is 3. The van der Waals surface area contributed by atoms with E-state index < -0.39 is 17.3 Å². The summed E-state index contributed by atoms with van der Waals surface area (Å²) in [6, 6.07) is 1.18. The Balaban J connectivity index is 2.32. The van der Waals surface area contributed by atoms with E-state index in [1.165, 1.54) is 0 Å². The molecular weight excluding hydrogens is 257 g/mol. The van der Waals surface area contributed by atoms with Gasteiger partial charge in [0.2, 0.25) is 0 Å². The summed E-state index contributed by atoms with van der Waals surface area (Å²) in [4.78, 5) is 3.74. The van der Waals surface area contributed by atoms with Gasteiger partial charge in [-0.1, -0.05) is 0 Å². The van der Waals surface area contributed by atoms with Crippen molar-refractivity contribution < 1.29 is 18.3 Å². The lowest BCUT2D eigenvalue weighted by Gasteiger charge is -2.37. The minimum absolute atomic E-state index is 0.1000. The summed E-state index contributed by atoms with van der Waals surface area (Å²) in [5.41, 5.74) is -2.31. The van der Waals surface area contributed by atoms with Gasteiger partial charge in [0.1, 0.15) is 0 Å². The van der Waals surface area contributed by atoms with Crippen LogP contribution in [0.5, 0.6) is 0 Å². The maximum absolute atomic E-state index is 13.0. The number of hydrogen-bond acceptors (Lipinski definition) is 3. The Morgan fingerprint density at radius 3 is 2.53 bits per heavy atom. The zero-order valence-electron chi connectivity index (χ0n) is 10.7. The van der Waals surface area contributed by atoms with E-state index in [1.54, 1.807) is 0 Å². The summed E-state index contributed by atoms with van der Waals surface area (Å²) in [6.45, 7) is 0. The summed E-state index contributed by atoms with van der Waals surface area (Å²) in [5.74, 6) is 0. The predicted molar refractivity (Wildman–Crippen MR) is 64.5 cm³/mol. The van der Waals surface area contributed by atoms with Gasteiger partial charge in [-0.2, -0.15) is 13.2 Å². The fourth-order valence-electron chi connectivity index (χ4n) is 2.67. The van der Waals surface area contributed by atoms with Crippen molar-refractivity contribution in [2.45, 2.75) is 43.5 Å². The molecule has 0 saturated heterocycles. The Morgan fingerprint density at radius 1 is 1.37 bits per heavy atom. The maximum Gasteiger partial charge on any atom is 0.416 e. The molecular formula is C13H17F3N2O. The zero-order chi connectivity index (χ0) is 14.1. The second-order valence-corrected chi connectivity index (χ2v) is 5.01. The summed E-state index contributed by atoms with van der Waals surface area (Å²) in [5, 5.41) is 13.6. The third-order valence-corrected chi connectivity index (χ3v) is 3.85. The predicted octanol–water partition coefficient (Wildman–Crippen LogP) is 2.45. The van der Waals surface area contributed by atoms with Gasteiger partial charge >= 0.3 is 6.18 Å². The smallest absolute Gasteiger partial charge is 0.385 e. The van der Waals surface area contributed by atoms with Crippen molar-refractivity contribution in [3.63, 3.8) is 0 Å². The van der Waals surface area contributed by atoms with Crippen LogP contribution >= 0.6 is 0 Å². The van der Waals surface area contributed by atoms with Crippen molar-refractivity contribution in [2.75, 3.05) is 7.05 Å². The van der Waals surface area contributed by atoms with Gasteiger partial charge in [-0.05, 0) is 38.8 Å². The number of nitrogens with zero attached hydrogens (tertiary/aromatic N) is 1. The Bertz CT molecular complexity index is 440. The first-order valence-corrected chi connectivity index (χ1v) is 6.28. The van der Waals surface area contributed by atoms with Crippen LogP contribution in [0.1, 0.15) is 36.8 Å². The number of aliphatic hydroxyl groups is 1. The number of aromatic nitrogens is 1. The van der Waals surface area contributed by atoms with Gasteiger partial charge in [0.15, 0.2) is 0 Å². The number of rotatable bonds is 2. The van der Waals surface area contributed by atoms with Gasteiger partial charge in [0.25, 0.3) is 0 Å². The highest BCUT2D eigenvalue weighted by Crippen LogP contribution is 2.42. The van der Waals surface area contributed by atoms with E-state index in [0.717, 1.165) is 18.5 Å². The minimum Gasteiger partial charge on any atom is -0.385 e. The second-order valence-electron chi connectivity index (χ2n) is 5.01. The molecule has 2 N–H and O–H groups in total. The van der Waals surface area contributed by atoms with Crippen molar-refractivity contribution in [3.05, 3.63) is 29.6 Å². The highest BCUT2D eigenvalue weighted by atomic mass is 19.4. The van der Waals surface area contributed by atoms with Crippen LogP contribution < -0.4 is 5.32 Å². The number of nitrogens with one attached hydrogen (secondary N) is 1. The molecule has 0 amide bonds. The normalized spacial score (nSPS) is 28.4.